The lowest BCUT2D eigenvalue weighted by molar-refractivity contribution is 0.0935. The van der Waals surface area contributed by atoms with Crippen molar-refractivity contribution in [2.24, 2.45) is 5.92 Å². The summed E-state index contributed by atoms with van der Waals surface area (Å²) in [6, 6.07) is 1.63. The number of aliphatic hydroxyl groups excluding tert-OH is 1. The molecular formula is C12H15N3O2. The van der Waals surface area contributed by atoms with Crippen molar-refractivity contribution in [3.05, 3.63) is 35.9 Å². The minimum Gasteiger partial charge on any atom is -0.396 e. The second-order valence-electron chi connectivity index (χ2n) is 4.19. The van der Waals surface area contributed by atoms with E-state index < -0.39 is 0 Å². The lowest BCUT2D eigenvalue weighted by Crippen LogP contribution is -2.33. The quantitative estimate of drug-likeness (QED) is 0.743. The number of nitrogens with zero attached hydrogens (tertiary/aromatic N) is 2. The smallest absolute Gasteiger partial charge is 0.270 e. The molecule has 1 amide bonds. The van der Waals surface area contributed by atoms with Crippen LogP contribution in [-0.2, 0) is 0 Å². The average molecular weight is 233 g/mol. The predicted octanol–water partition coefficient (Wildman–Crippen LogP) is 0.452. The van der Waals surface area contributed by atoms with Gasteiger partial charge in [-0.25, -0.2) is 9.97 Å². The molecule has 1 heterocycles. The molecule has 0 fully saturated rings. The lowest BCUT2D eigenvalue weighted by Gasteiger charge is -2.12. The Bertz CT molecular complexity index is 445. The summed E-state index contributed by atoms with van der Waals surface area (Å²) in [6.45, 7) is 1.94. The summed E-state index contributed by atoms with van der Waals surface area (Å²) >= 11 is 0. The van der Waals surface area contributed by atoms with Gasteiger partial charge in [0.2, 0.25) is 0 Å². The molecule has 0 saturated carbocycles. The number of aliphatic hydroxyl groups is 1. The zero-order chi connectivity index (χ0) is 12.3. The van der Waals surface area contributed by atoms with Crippen LogP contribution in [-0.4, -0.2) is 33.6 Å². The summed E-state index contributed by atoms with van der Waals surface area (Å²) in [6.07, 6.45) is 5.96. The third-order valence-corrected chi connectivity index (χ3v) is 2.76. The minimum absolute atomic E-state index is 0.0186. The highest BCUT2D eigenvalue weighted by molar-refractivity contribution is 5.92. The van der Waals surface area contributed by atoms with E-state index in [1.54, 1.807) is 6.07 Å². The molecule has 0 radical (unpaired) electrons. The van der Waals surface area contributed by atoms with Crippen molar-refractivity contribution in [1.29, 1.82) is 0 Å². The molecule has 2 rings (SSSR count). The Morgan fingerprint density at radius 1 is 1.53 bits per heavy atom. The van der Waals surface area contributed by atoms with Crippen LogP contribution in [0.25, 0.3) is 0 Å². The molecule has 0 spiro atoms. The largest absolute Gasteiger partial charge is 0.396 e. The molecule has 5 heteroatoms. The Labute approximate surface area is 99.6 Å². The number of nitrogens with one attached hydrogen (secondary N) is 1. The van der Waals surface area contributed by atoms with Crippen LogP contribution in [0.1, 0.15) is 22.6 Å². The monoisotopic (exact) mass is 233 g/mol. The van der Waals surface area contributed by atoms with Gasteiger partial charge in [0.15, 0.2) is 0 Å². The molecule has 1 aliphatic rings. The van der Waals surface area contributed by atoms with E-state index in [9.17, 15) is 4.79 Å². The van der Waals surface area contributed by atoms with Gasteiger partial charge in [-0.3, -0.25) is 4.79 Å². The fourth-order valence-corrected chi connectivity index (χ4v) is 1.84. The topological polar surface area (TPSA) is 75.1 Å². The molecule has 5 nitrogen and oxygen atoms in total. The maximum absolute atomic E-state index is 11.9. The van der Waals surface area contributed by atoms with E-state index in [2.05, 4.69) is 15.3 Å². The van der Waals surface area contributed by atoms with E-state index in [1.165, 1.54) is 6.33 Å². The zero-order valence-corrected chi connectivity index (χ0v) is 9.63. The fraction of sp³-hybridized carbons (Fsp3) is 0.417. The molecular weight excluding hydrogens is 218 g/mol. The maximum Gasteiger partial charge on any atom is 0.270 e. The van der Waals surface area contributed by atoms with Crippen molar-refractivity contribution >= 4 is 5.91 Å². The summed E-state index contributed by atoms with van der Waals surface area (Å²) in [5, 5.41) is 11.8. The summed E-state index contributed by atoms with van der Waals surface area (Å²) in [4.78, 5) is 19.7. The normalized spacial score (nSPS) is 22.7. The highest BCUT2D eigenvalue weighted by Gasteiger charge is 2.20. The van der Waals surface area contributed by atoms with Crippen molar-refractivity contribution in [1.82, 2.24) is 15.3 Å². The molecule has 2 atom stereocenters. The van der Waals surface area contributed by atoms with E-state index in [0.717, 1.165) is 12.1 Å². The number of aryl methyl sites for hydroxylation is 1. The first kappa shape index (κ1) is 11.7. The number of carbonyl (C=O) groups excluding carboxylic acids is 1. The number of hydrogen-bond donors (Lipinski definition) is 2. The molecule has 1 aliphatic carbocycles. The first-order valence-electron chi connectivity index (χ1n) is 5.57. The Balaban J connectivity index is 1.96. The SMILES string of the molecule is Cc1cc(C(=O)N[C@@H]2C=C[C@H](CO)C2)ncn1. The molecule has 1 aromatic heterocycles. The van der Waals surface area contributed by atoms with E-state index in [4.69, 9.17) is 5.11 Å². The molecule has 0 aromatic carbocycles. The predicted molar refractivity (Wildman–Crippen MR) is 62.4 cm³/mol. The van der Waals surface area contributed by atoms with E-state index in [-0.39, 0.29) is 24.5 Å². The first-order valence-corrected chi connectivity index (χ1v) is 5.57. The van der Waals surface area contributed by atoms with Crippen molar-refractivity contribution < 1.29 is 9.90 Å². The van der Waals surface area contributed by atoms with Gasteiger partial charge < -0.3 is 10.4 Å². The van der Waals surface area contributed by atoms with Gasteiger partial charge in [0.25, 0.3) is 5.91 Å². The maximum atomic E-state index is 11.9. The van der Waals surface area contributed by atoms with Gasteiger partial charge in [0.05, 0.1) is 0 Å². The summed E-state index contributed by atoms with van der Waals surface area (Å²) < 4.78 is 0. The van der Waals surface area contributed by atoms with E-state index >= 15 is 0 Å². The highest BCUT2D eigenvalue weighted by Crippen LogP contribution is 2.17. The number of carbonyl (C=O) groups is 1. The van der Waals surface area contributed by atoms with Gasteiger partial charge in [0.1, 0.15) is 12.0 Å². The third-order valence-electron chi connectivity index (χ3n) is 2.76. The number of amides is 1. The van der Waals surface area contributed by atoms with Crippen LogP contribution in [0.15, 0.2) is 24.5 Å². The van der Waals surface area contributed by atoms with Crippen LogP contribution in [0.4, 0.5) is 0 Å². The van der Waals surface area contributed by atoms with E-state index in [0.29, 0.717) is 5.69 Å². The zero-order valence-electron chi connectivity index (χ0n) is 9.63. The number of aromatic nitrogens is 2. The molecule has 2 N–H and O–H groups in total. The number of hydrogen-bond acceptors (Lipinski definition) is 4. The minimum atomic E-state index is -0.205. The lowest BCUT2D eigenvalue weighted by atomic mass is 10.1. The van der Waals surface area contributed by atoms with Crippen LogP contribution in [0.5, 0.6) is 0 Å². The molecule has 0 bridgehead atoms. The fourth-order valence-electron chi connectivity index (χ4n) is 1.84. The Hall–Kier alpha value is -1.75. The van der Waals surface area contributed by atoms with E-state index in [1.807, 2.05) is 19.1 Å². The van der Waals surface area contributed by atoms with Gasteiger partial charge in [-0.15, -0.1) is 0 Å². The molecule has 0 saturated heterocycles. The number of rotatable bonds is 3. The molecule has 0 unspecified atom stereocenters. The second kappa shape index (κ2) is 5.05. The van der Waals surface area contributed by atoms with Gasteiger partial charge in [-0.05, 0) is 19.4 Å². The van der Waals surface area contributed by atoms with Gasteiger partial charge in [0, 0.05) is 24.3 Å². The van der Waals surface area contributed by atoms with Gasteiger partial charge in [-0.2, -0.15) is 0 Å². The van der Waals surface area contributed by atoms with Crippen molar-refractivity contribution in [2.45, 2.75) is 19.4 Å². The summed E-state index contributed by atoms with van der Waals surface area (Å²) in [5.41, 5.74) is 1.14. The molecule has 1 aromatic rings. The van der Waals surface area contributed by atoms with Crippen molar-refractivity contribution in [3.63, 3.8) is 0 Å². The van der Waals surface area contributed by atoms with Crippen LogP contribution in [0.2, 0.25) is 0 Å². The molecule has 0 aliphatic heterocycles. The van der Waals surface area contributed by atoms with Crippen LogP contribution in [0.3, 0.4) is 0 Å². The first-order chi connectivity index (χ1) is 8.19. The molecule has 90 valence electrons. The van der Waals surface area contributed by atoms with Crippen LogP contribution < -0.4 is 5.32 Å². The van der Waals surface area contributed by atoms with Gasteiger partial charge >= 0.3 is 0 Å². The summed E-state index contributed by atoms with van der Waals surface area (Å²) in [5.74, 6) is -0.0591. The summed E-state index contributed by atoms with van der Waals surface area (Å²) in [7, 11) is 0. The van der Waals surface area contributed by atoms with Gasteiger partial charge in [-0.1, -0.05) is 12.2 Å². The van der Waals surface area contributed by atoms with Crippen molar-refractivity contribution in [2.75, 3.05) is 6.61 Å². The van der Waals surface area contributed by atoms with Crippen LogP contribution in [0, 0.1) is 12.8 Å². The third kappa shape index (κ3) is 2.88. The van der Waals surface area contributed by atoms with Crippen molar-refractivity contribution in [3.8, 4) is 0 Å². The average Bonchev–Trinajstić information content (AvgIpc) is 2.77. The Morgan fingerprint density at radius 2 is 2.35 bits per heavy atom. The Kier molecular flexibility index (Phi) is 3.49. The Morgan fingerprint density at radius 3 is 3.00 bits per heavy atom. The second-order valence-corrected chi connectivity index (χ2v) is 4.19. The highest BCUT2D eigenvalue weighted by atomic mass is 16.3. The standard InChI is InChI=1S/C12H15N3O2/c1-8-4-11(14-7-13-8)12(17)15-10-3-2-9(5-10)6-16/h2-4,7,9-10,16H,5-6H2,1H3,(H,15,17)/t9-,10+/m0/s1. The van der Waals surface area contributed by atoms with Crippen LogP contribution >= 0.6 is 0 Å². The molecule has 17 heavy (non-hydrogen) atoms.